The summed E-state index contributed by atoms with van der Waals surface area (Å²) in [5.74, 6) is 0. The largest absolute Gasteiger partial charge is 0.379 e. The van der Waals surface area contributed by atoms with Gasteiger partial charge in [0.1, 0.15) is 0 Å². The van der Waals surface area contributed by atoms with E-state index in [0.717, 1.165) is 45.8 Å². The van der Waals surface area contributed by atoms with Crippen LogP contribution in [0.2, 0.25) is 0 Å². The lowest BCUT2D eigenvalue weighted by Crippen LogP contribution is -2.54. The molecule has 2 fully saturated rings. The van der Waals surface area contributed by atoms with Gasteiger partial charge in [0.15, 0.2) is 0 Å². The zero-order valence-electron chi connectivity index (χ0n) is 10.5. The first-order chi connectivity index (χ1) is 8.74. The lowest BCUT2D eigenvalue weighted by molar-refractivity contribution is 0.0199. The van der Waals surface area contributed by atoms with Crippen LogP contribution < -0.4 is 5.43 Å². The zero-order chi connectivity index (χ0) is 12.8. The van der Waals surface area contributed by atoms with Gasteiger partial charge in [0.05, 0.1) is 33.2 Å². The van der Waals surface area contributed by atoms with Crippen molar-refractivity contribution < 1.29 is 4.74 Å². The number of hydrogen-bond acceptors (Lipinski definition) is 6. The molecule has 0 aliphatic carbocycles. The smallest absolute Gasteiger partial charge is 0.0828 e. The summed E-state index contributed by atoms with van der Waals surface area (Å²) in [5, 5.41) is 2.02. The molecule has 18 heavy (non-hydrogen) atoms. The molecule has 2 saturated heterocycles. The second-order valence-corrected chi connectivity index (χ2v) is 5.56. The van der Waals surface area contributed by atoms with Crippen LogP contribution in [0, 0.1) is 0 Å². The minimum absolute atomic E-state index is 0.578. The Morgan fingerprint density at radius 1 is 1.00 bits per heavy atom. The highest BCUT2D eigenvalue weighted by Crippen LogP contribution is 2.09. The molecule has 2 heterocycles. The number of halogens is 2. The summed E-state index contributed by atoms with van der Waals surface area (Å²) < 4.78 is 8.61. The van der Waals surface area contributed by atoms with Gasteiger partial charge >= 0.3 is 0 Å². The SMILES string of the molecule is ClN1CN(Cl)CN(NCCCN2CCOCC2)C1. The predicted octanol–water partition coefficient (Wildman–Crippen LogP) is 0.313. The Hall–Kier alpha value is 0.340. The van der Waals surface area contributed by atoms with Gasteiger partial charge in [0.25, 0.3) is 0 Å². The van der Waals surface area contributed by atoms with Gasteiger partial charge in [-0.25, -0.2) is 5.01 Å². The highest BCUT2D eigenvalue weighted by molar-refractivity contribution is 6.15. The molecule has 0 unspecified atom stereocenters. The first kappa shape index (κ1) is 14.7. The minimum Gasteiger partial charge on any atom is -0.379 e. The fraction of sp³-hybridized carbons (Fsp3) is 1.00. The van der Waals surface area contributed by atoms with Crippen molar-refractivity contribution in [1.29, 1.82) is 0 Å². The molecule has 8 heteroatoms. The van der Waals surface area contributed by atoms with Crippen molar-refractivity contribution in [2.24, 2.45) is 0 Å². The number of ether oxygens (including phenoxy) is 1. The van der Waals surface area contributed by atoms with E-state index in [0.29, 0.717) is 20.0 Å². The number of nitrogens with zero attached hydrogens (tertiary/aromatic N) is 4. The molecular weight excluding hydrogens is 277 g/mol. The maximum absolute atomic E-state index is 5.94. The van der Waals surface area contributed by atoms with Crippen LogP contribution in [0.5, 0.6) is 0 Å². The van der Waals surface area contributed by atoms with Gasteiger partial charge in [0.2, 0.25) is 0 Å². The Morgan fingerprint density at radius 2 is 1.67 bits per heavy atom. The summed E-state index contributed by atoms with van der Waals surface area (Å²) in [4.78, 5) is 2.43. The summed E-state index contributed by atoms with van der Waals surface area (Å²) >= 11 is 11.9. The van der Waals surface area contributed by atoms with Gasteiger partial charge in [-0.2, -0.15) is 8.84 Å². The van der Waals surface area contributed by atoms with Crippen molar-refractivity contribution >= 4 is 23.6 Å². The summed E-state index contributed by atoms with van der Waals surface area (Å²) in [6.45, 7) is 7.82. The maximum Gasteiger partial charge on any atom is 0.0828 e. The minimum atomic E-state index is 0.578. The standard InChI is InChI=1S/C10H21Cl2N5O/c11-15-8-16(12)10-17(9-15)13-2-1-3-14-4-6-18-7-5-14/h13H,1-10H2. The predicted molar refractivity (Wildman–Crippen MR) is 71.7 cm³/mol. The van der Waals surface area contributed by atoms with Gasteiger partial charge in [-0.05, 0) is 36.5 Å². The molecule has 0 aromatic carbocycles. The Kier molecular flexibility index (Phi) is 6.40. The molecule has 0 saturated carbocycles. The van der Waals surface area contributed by atoms with Gasteiger partial charge in [0, 0.05) is 19.6 Å². The molecule has 0 bridgehead atoms. The average molecular weight is 298 g/mol. The number of rotatable bonds is 5. The molecule has 0 atom stereocenters. The van der Waals surface area contributed by atoms with Crippen LogP contribution in [0.4, 0.5) is 0 Å². The van der Waals surface area contributed by atoms with Crippen molar-refractivity contribution in [3.8, 4) is 0 Å². The van der Waals surface area contributed by atoms with Crippen molar-refractivity contribution in [3.05, 3.63) is 0 Å². The Bertz CT molecular complexity index is 232. The van der Waals surface area contributed by atoms with Crippen LogP contribution in [-0.4, -0.2) is 78.1 Å². The van der Waals surface area contributed by atoms with E-state index in [-0.39, 0.29) is 0 Å². The quantitative estimate of drug-likeness (QED) is 0.581. The van der Waals surface area contributed by atoms with E-state index in [9.17, 15) is 0 Å². The lowest BCUT2D eigenvalue weighted by Gasteiger charge is -2.35. The molecule has 2 rings (SSSR count). The van der Waals surface area contributed by atoms with E-state index in [2.05, 4.69) is 10.3 Å². The van der Waals surface area contributed by atoms with E-state index >= 15 is 0 Å². The number of morpholine rings is 1. The topological polar surface area (TPSA) is 34.2 Å². The van der Waals surface area contributed by atoms with E-state index < -0.39 is 0 Å². The van der Waals surface area contributed by atoms with Crippen LogP contribution >= 0.6 is 23.6 Å². The summed E-state index contributed by atoms with van der Waals surface area (Å²) in [6, 6.07) is 0. The number of nitrogens with one attached hydrogen (secondary N) is 1. The number of hydrogen-bond donors (Lipinski definition) is 1. The maximum atomic E-state index is 5.94. The Morgan fingerprint density at radius 3 is 2.33 bits per heavy atom. The number of hydrazine groups is 1. The first-order valence-corrected chi connectivity index (χ1v) is 7.01. The Labute approximate surface area is 119 Å². The second-order valence-electron chi connectivity index (χ2n) is 4.61. The van der Waals surface area contributed by atoms with Crippen LogP contribution in [0.3, 0.4) is 0 Å². The molecule has 6 nitrogen and oxygen atoms in total. The third-order valence-electron chi connectivity index (χ3n) is 3.05. The third-order valence-corrected chi connectivity index (χ3v) is 3.47. The summed E-state index contributed by atoms with van der Waals surface area (Å²) in [7, 11) is 0. The van der Waals surface area contributed by atoms with E-state index in [4.69, 9.17) is 28.3 Å². The zero-order valence-corrected chi connectivity index (χ0v) is 12.0. The Balaban J connectivity index is 1.54. The first-order valence-electron chi connectivity index (χ1n) is 6.34. The highest BCUT2D eigenvalue weighted by atomic mass is 35.5. The molecule has 2 aliphatic rings. The van der Waals surface area contributed by atoms with Crippen LogP contribution in [0.15, 0.2) is 0 Å². The lowest BCUT2D eigenvalue weighted by atomic mass is 10.3. The van der Waals surface area contributed by atoms with E-state index in [1.807, 2.05) is 5.01 Å². The van der Waals surface area contributed by atoms with Crippen LogP contribution in [-0.2, 0) is 4.74 Å². The normalized spacial score (nSPS) is 25.7. The molecule has 0 aromatic heterocycles. The molecule has 0 aromatic rings. The van der Waals surface area contributed by atoms with Gasteiger partial charge in [-0.3, -0.25) is 10.3 Å². The molecule has 1 N–H and O–H groups in total. The van der Waals surface area contributed by atoms with Gasteiger partial charge < -0.3 is 4.74 Å². The van der Waals surface area contributed by atoms with Crippen LogP contribution in [0.1, 0.15) is 6.42 Å². The van der Waals surface area contributed by atoms with Crippen molar-refractivity contribution in [2.45, 2.75) is 6.42 Å². The van der Waals surface area contributed by atoms with Gasteiger partial charge in [-0.15, -0.1) is 0 Å². The summed E-state index contributed by atoms with van der Waals surface area (Å²) in [6.07, 6.45) is 1.11. The monoisotopic (exact) mass is 297 g/mol. The summed E-state index contributed by atoms with van der Waals surface area (Å²) in [5.41, 5.74) is 3.35. The second kappa shape index (κ2) is 7.81. The van der Waals surface area contributed by atoms with Crippen molar-refractivity contribution in [3.63, 3.8) is 0 Å². The van der Waals surface area contributed by atoms with E-state index in [1.54, 1.807) is 8.84 Å². The molecule has 2 aliphatic heterocycles. The van der Waals surface area contributed by atoms with Crippen LogP contribution in [0.25, 0.3) is 0 Å². The van der Waals surface area contributed by atoms with Crippen molar-refractivity contribution in [1.82, 2.24) is 24.2 Å². The average Bonchev–Trinajstić information content (AvgIpc) is 2.35. The fourth-order valence-corrected chi connectivity index (χ4v) is 2.71. The van der Waals surface area contributed by atoms with Gasteiger partial charge in [-0.1, -0.05) is 0 Å². The molecule has 0 spiro atoms. The fourth-order valence-electron chi connectivity index (χ4n) is 2.14. The van der Waals surface area contributed by atoms with E-state index in [1.165, 1.54) is 0 Å². The molecular formula is C10H21Cl2N5O. The molecule has 106 valence electrons. The third kappa shape index (κ3) is 5.14. The molecule has 0 radical (unpaired) electrons. The van der Waals surface area contributed by atoms with Crippen molar-refractivity contribution in [2.75, 3.05) is 59.4 Å². The molecule has 0 amide bonds. The highest BCUT2D eigenvalue weighted by Gasteiger charge is 2.20.